The Morgan fingerprint density at radius 1 is 1.11 bits per heavy atom. The van der Waals surface area contributed by atoms with E-state index >= 15 is 0 Å². The number of β-amino-alcohol motifs (C(OH)–C–C–N with tert-alkyl or cyclic N) is 1. The number of nitrogens with zero attached hydrogens (tertiary/aromatic N) is 2. The van der Waals surface area contributed by atoms with Gasteiger partial charge in [0.2, 0.25) is 0 Å². The van der Waals surface area contributed by atoms with Crippen LogP contribution in [0.5, 0.6) is 0 Å². The molecule has 4 nitrogen and oxygen atoms in total. The summed E-state index contributed by atoms with van der Waals surface area (Å²) in [6.45, 7) is 12.0. The van der Waals surface area contributed by atoms with Crippen molar-refractivity contribution in [2.45, 2.75) is 57.0 Å². The highest BCUT2D eigenvalue weighted by molar-refractivity contribution is 7.99. The van der Waals surface area contributed by atoms with Crippen molar-refractivity contribution < 1.29 is 10.2 Å². The largest absolute Gasteiger partial charge is 0.400 e. The second-order valence-electron chi connectivity index (χ2n) is 8.50. The number of benzene rings is 1. The minimum Gasteiger partial charge on any atom is -0.400 e. The van der Waals surface area contributed by atoms with Crippen LogP contribution in [-0.2, 0) is 0 Å². The standard InChI is InChI=1S/C22H36N2OS.CH4O/c1-4-26-21-7-5-6-20(16-21)24-14-10-22(25,11-15-24)17-23-12-8-19(9-13-23)18(2)3;1-2/h5-7,16,18-19,25H,4,8-15,17H2,1-3H3;2H,1H3. The number of rotatable bonds is 6. The van der Waals surface area contributed by atoms with Gasteiger partial charge in [-0.2, -0.15) is 0 Å². The number of aliphatic hydroxyl groups excluding tert-OH is 1. The van der Waals surface area contributed by atoms with Crippen molar-refractivity contribution in [1.82, 2.24) is 4.90 Å². The highest BCUT2D eigenvalue weighted by Gasteiger charge is 2.35. The Morgan fingerprint density at radius 2 is 1.75 bits per heavy atom. The van der Waals surface area contributed by atoms with Crippen molar-refractivity contribution in [1.29, 1.82) is 0 Å². The van der Waals surface area contributed by atoms with Crippen LogP contribution in [0.3, 0.4) is 0 Å². The Balaban J connectivity index is 0.00000136. The Hall–Kier alpha value is -0.750. The van der Waals surface area contributed by atoms with Gasteiger partial charge in [-0.3, -0.25) is 0 Å². The molecule has 5 heteroatoms. The van der Waals surface area contributed by atoms with Crippen LogP contribution in [0.2, 0.25) is 0 Å². The first-order valence-corrected chi connectivity index (χ1v) is 11.8. The average Bonchev–Trinajstić information content (AvgIpc) is 2.71. The molecule has 2 fully saturated rings. The molecule has 2 N–H and O–H groups in total. The molecule has 2 heterocycles. The predicted octanol–water partition coefficient (Wildman–Crippen LogP) is 4.11. The van der Waals surface area contributed by atoms with E-state index in [1.54, 1.807) is 0 Å². The molecule has 2 aliphatic heterocycles. The molecule has 0 unspecified atom stereocenters. The Labute approximate surface area is 176 Å². The third kappa shape index (κ3) is 6.65. The van der Waals surface area contributed by atoms with Gasteiger partial charge in [-0.05, 0) is 74.6 Å². The van der Waals surface area contributed by atoms with E-state index in [2.05, 4.69) is 54.8 Å². The molecule has 0 atom stereocenters. The summed E-state index contributed by atoms with van der Waals surface area (Å²) in [5.41, 5.74) is 0.806. The molecule has 160 valence electrons. The first-order chi connectivity index (χ1) is 13.5. The molecule has 28 heavy (non-hydrogen) atoms. The summed E-state index contributed by atoms with van der Waals surface area (Å²) < 4.78 is 0. The fraction of sp³-hybridized carbons (Fsp3) is 0.739. The molecule has 1 aromatic rings. The van der Waals surface area contributed by atoms with Crippen molar-refractivity contribution in [2.24, 2.45) is 11.8 Å². The lowest BCUT2D eigenvalue weighted by molar-refractivity contribution is -0.0249. The summed E-state index contributed by atoms with van der Waals surface area (Å²) in [5, 5.41) is 18.1. The third-order valence-corrected chi connectivity index (χ3v) is 7.16. The van der Waals surface area contributed by atoms with Gasteiger partial charge in [0.1, 0.15) is 0 Å². The van der Waals surface area contributed by atoms with Crippen LogP contribution in [-0.4, -0.2) is 66.3 Å². The molecule has 0 bridgehead atoms. The maximum atomic E-state index is 11.1. The van der Waals surface area contributed by atoms with E-state index < -0.39 is 5.60 Å². The molecule has 2 saturated heterocycles. The van der Waals surface area contributed by atoms with Crippen LogP contribution in [0.15, 0.2) is 29.2 Å². The molecule has 3 rings (SSSR count). The summed E-state index contributed by atoms with van der Waals surface area (Å²) in [6.07, 6.45) is 4.34. The molecule has 0 spiro atoms. The summed E-state index contributed by atoms with van der Waals surface area (Å²) in [5.74, 6) is 2.78. The van der Waals surface area contributed by atoms with Crippen molar-refractivity contribution in [2.75, 3.05) is 50.5 Å². The molecule has 1 aromatic carbocycles. The van der Waals surface area contributed by atoms with Crippen LogP contribution in [0.25, 0.3) is 0 Å². The van der Waals surface area contributed by atoms with E-state index in [9.17, 15) is 5.11 Å². The van der Waals surface area contributed by atoms with Gasteiger partial charge in [0.25, 0.3) is 0 Å². The van der Waals surface area contributed by atoms with E-state index in [0.717, 1.165) is 70.3 Å². The zero-order chi connectivity index (χ0) is 20.6. The highest BCUT2D eigenvalue weighted by Crippen LogP contribution is 2.31. The Bertz CT molecular complexity index is 565. The zero-order valence-corrected chi connectivity index (χ0v) is 19.0. The molecule has 0 radical (unpaired) electrons. The average molecular weight is 409 g/mol. The number of piperidine rings is 2. The van der Waals surface area contributed by atoms with Crippen LogP contribution in [0.1, 0.15) is 46.5 Å². The Kier molecular flexibility index (Phi) is 9.61. The third-order valence-electron chi connectivity index (χ3n) is 6.28. The van der Waals surface area contributed by atoms with Gasteiger partial charge >= 0.3 is 0 Å². The van der Waals surface area contributed by atoms with Gasteiger partial charge < -0.3 is 20.0 Å². The Morgan fingerprint density at radius 3 is 2.32 bits per heavy atom. The molecular weight excluding hydrogens is 368 g/mol. The summed E-state index contributed by atoms with van der Waals surface area (Å²) in [4.78, 5) is 6.30. The molecular formula is C23H40N2O2S. The van der Waals surface area contributed by atoms with E-state index in [-0.39, 0.29) is 0 Å². The fourth-order valence-corrected chi connectivity index (χ4v) is 5.18. The van der Waals surface area contributed by atoms with Crippen molar-refractivity contribution in [3.63, 3.8) is 0 Å². The maximum Gasteiger partial charge on any atom is 0.0807 e. The number of thioether (sulfide) groups is 1. The summed E-state index contributed by atoms with van der Waals surface area (Å²) in [6, 6.07) is 8.86. The predicted molar refractivity (Wildman–Crippen MR) is 121 cm³/mol. The smallest absolute Gasteiger partial charge is 0.0807 e. The monoisotopic (exact) mass is 408 g/mol. The molecule has 0 amide bonds. The molecule has 0 aromatic heterocycles. The van der Waals surface area contributed by atoms with Gasteiger partial charge in [-0.1, -0.05) is 26.8 Å². The fourth-order valence-electron chi connectivity index (χ4n) is 4.47. The van der Waals surface area contributed by atoms with Crippen LogP contribution < -0.4 is 4.90 Å². The minimum absolute atomic E-state index is 0.503. The number of likely N-dealkylation sites (tertiary alicyclic amines) is 1. The van der Waals surface area contributed by atoms with Crippen molar-refractivity contribution >= 4 is 17.4 Å². The van der Waals surface area contributed by atoms with Crippen LogP contribution in [0.4, 0.5) is 5.69 Å². The summed E-state index contributed by atoms with van der Waals surface area (Å²) in [7, 11) is 1.00. The van der Waals surface area contributed by atoms with E-state index in [0.29, 0.717) is 0 Å². The molecule has 0 saturated carbocycles. The minimum atomic E-state index is -0.503. The van der Waals surface area contributed by atoms with Gasteiger partial charge in [0.15, 0.2) is 0 Å². The number of aliphatic hydroxyl groups is 2. The zero-order valence-electron chi connectivity index (χ0n) is 18.2. The van der Waals surface area contributed by atoms with E-state index in [1.807, 2.05) is 11.8 Å². The quantitative estimate of drug-likeness (QED) is 0.694. The topological polar surface area (TPSA) is 46.9 Å². The number of hydrogen-bond donors (Lipinski definition) is 2. The second kappa shape index (κ2) is 11.4. The first kappa shape index (κ1) is 23.5. The first-order valence-electron chi connectivity index (χ1n) is 10.9. The lowest BCUT2D eigenvalue weighted by atomic mass is 9.85. The molecule has 0 aliphatic carbocycles. The van der Waals surface area contributed by atoms with Crippen LogP contribution in [0, 0.1) is 11.8 Å². The van der Waals surface area contributed by atoms with Crippen molar-refractivity contribution in [3.8, 4) is 0 Å². The SMILES string of the molecule is CCSc1cccc(N2CCC(O)(CN3CCC(C(C)C)CC3)CC2)c1.CO. The number of hydrogen-bond acceptors (Lipinski definition) is 5. The summed E-state index contributed by atoms with van der Waals surface area (Å²) >= 11 is 1.90. The van der Waals surface area contributed by atoms with Gasteiger partial charge in [-0.25, -0.2) is 0 Å². The second-order valence-corrected chi connectivity index (χ2v) is 9.84. The van der Waals surface area contributed by atoms with E-state index in [1.165, 1.54) is 23.4 Å². The van der Waals surface area contributed by atoms with E-state index in [4.69, 9.17) is 5.11 Å². The number of anilines is 1. The lowest BCUT2D eigenvalue weighted by Crippen LogP contribution is -2.52. The molecule has 2 aliphatic rings. The van der Waals surface area contributed by atoms with Crippen molar-refractivity contribution in [3.05, 3.63) is 24.3 Å². The lowest BCUT2D eigenvalue weighted by Gasteiger charge is -2.43. The van der Waals surface area contributed by atoms with Crippen LogP contribution >= 0.6 is 11.8 Å². The van der Waals surface area contributed by atoms with Gasteiger partial charge in [0.05, 0.1) is 5.60 Å². The normalized spacial score (nSPS) is 20.8. The maximum absolute atomic E-state index is 11.1. The van der Waals surface area contributed by atoms with Gasteiger partial charge in [0, 0.05) is 37.3 Å². The highest BCUT2D eigenvalue weighted by atomic mass is 32.2. The van der Waals surface area contributed by atoms with Gasteiger partial charge in [-0.15, -0.1) is 11.8 Å².